The number of halogens is 2. The van der Waals surface area contributed by atoms with Crippen molar-refractivity contribution in [3.05, 3.63) is 28.7 Å². The van der Waals surface area contributed by atoms with Gasteiger partial charge in [-0.15, -0.1) is 24.0 Å². The molecule has 1 aliphatic rings. The van der Waals surface area contributed by atoms with Crippen molar-refractivity contribution in [3.63, 3.8) is 0 Å². The van der Waals surface area contributed by atoms with Gasteiger partial charge >= 0.3 is 0 Å². The maximum absolute atomic E-state index is 11.9. The zero-order valence-corrected chi connectivity index (χ0v) is 17.2. The number of carbonyl (C=O) groups excluding carboxylic acids is 1. The van der Waals surface area contributed by atoms with Crippen LogP contribution in [-0.4, -0.2) is 36.4 Å². The first-order chi connectivity index (χ1) is 10.5. The summed E-state index contributed by atoms with van der Waals surface area (Å²) in [6.07, 6.45) is 2.64. The Morgan fingerprint density at radius 2 is 1.96 bits per heavy atom. The summed E-state index contributed by atoms with van der Waals surface area (Å²) in [7, 11) is 0. The number of guanidine groups is 1. The number of hydrogen-bond donors (Lipinski definition) is 2. The van der Waals surface area contributed by atoms with E-state index in [0.29, 0.717) is 18.9 Å². The van der Waals surface area contributed by atoms with Crippen molar-refractivity contribution < 1.29 is 4.79 Å². The van der Waals surface area contributed by atoms with Crippen LogP contribution in [0.25, 0.3) is 0 Å². The van der Waals surface area contributed by atoms with Crippen molar-refractivity contribution in [1.82, 2.24) is 4.90 Å². The van der Waals surface area contributed by atoms with Gasteiger partial charge in [0.2, 0.25) is 5.91 Å². The van der Waals surface area contributed by atoms with Crippen LogP contribution in [0.15, 0.2) is 33.7 Å². The summed E-state index contributed by atoms with van der Waals surface area (Å²) in [5.74, 6) is 1.27. The molecule has 0 saturated carbocycles. The minimum Gasteiger partial charge on any atom is -0.370 e. The molecular formula is C16H24BrIN4O. The Labute approximate surface area is 163 Å². The summed E-state index contributed by atoms with van der Waals surface area (Å²) in [6, 6.07) is 7.50. The average Bonchev–Trinajstić information content (AvgIpc) is 2.50. The van der Waals surface area contributed by atoms with Gasteiger partial charge in [-0.2, -0.15) is 0 Å². The number of amides is 1. The van der Waals surface area contributed by atoms with Gasteiger partial charge in [-0.3, -0.25) is 9.79 Å². The number of benzene rings is 1. The molecule has 0 aromatic heterocycles. The lowest BCUT2D eigenvalue weighted by atomic mass is 10.00. The van der Waals surface area contributed by atoms with Crippen LogP contribution in [0.5, 0.6) is 0 Å². The molecule has 3 N–H and O–H groups in total. The molecule has 1 saturated heterocycles. The van der Waals surface area contributed by atoms with E-state index in [1.165, 1.54) is 0 Å². The first kappa shape index (κ1) is 20.2. The molecular weight excluding hydrogens is 471 g/mol. The topological polar surface area (TPSA) is 70.7 Å². The number of hydrogen-bond acceptors (Lipinski definition) is 2. The van der Waals surface area contributed by atoms with Crippen LogP contribution < -0.4 is 11.1 Å². The fraction of sp³-hybridized carbons (Fsp3) is 0.500. The third kappa shape index (κ3) is 7.07. The first-order valence-corrected chi connectivity index (χ1v) is 8.44. The molecule has 0 radical (unpaired) electrons. The third-order valence-corrected chi connectivity index (χ3v) is 4.38. The summed E-state index contributed by atoms with van der Waals surface area (Å²) >= 11 is 3.36. The van der Waals surface area contributed by atoms with Crippen LogP contribution in [-0.2, 0) is 4.79 Å². The number of nitrogens with one attached hydrogen (secondary N) is 1. The van der Waals surface area contributed by atoms with Gasteiger partial charge in [0.25, 0.3) is 0 Å². The standard InChI is InChI=1S/C16H23BrN4O.HI/c1-12-7-10-21(11-8-12)16(18)19-9-6-15(22)20-14-4-2-13(17)3-5-14;/h2-5,12H,6-11H2,1H3,(H2,18,19)(H,20,22);1H. The Bertz CT molecular complexity index is 527. The quantitative estimate of drug-likeness (QED) is 0.382. The van der Waals surface area contributed by atoms with E-state index in [1.807, 2.05) is 24.3 Å². The van der Waals surface area contributed by atoms with Gasteiger partial charge in [-0.1, -0.05) is 22.9 Å². The lowest BCUT2D eigenvalue weighted by molar-refractivity contribution is -0.116. The molecule has 7 heteroatoms. The van der Waals surface area contributed by atoms with Crippen molar-refractivity contribution in [3.8, 4) is 0 Å². The maximum Gasteiger partial charge on any atom is 0.226 e. The SMILES string of the molecule is CC1CCN(C(N)=NCCC(=O)Nc2ccc(Br)cc2)CC1.I. The molecule has 0 atom stereocenters. The normalized spacial score (nSPS) is 15.9. The maximum atomic E-state index is 11.9. The molecule has 1 amide bonds. The van der Waals surface area contributed by atoms with Gasteiger partial charge in [-0.05, 0) is 43.0 Å². The van der Waals surface area contributed by atoms with Gasteiger partial charge in [0.15, 0.2) is 5.96 Å². The minimum absolute atomic E-state index is 0. The molecule has 1 fully saturated rings. The molecule has 1 heterocycles. The van der Waals surface area contributed by atoms with Crippen molar-refractivity contribution in [2.24, 2.45) is 16.6 Å². The fourth-order valence-corrected chi connectivity index (χ4v) is 2.63. The highest BCUT2D eigenvalue weighted by Crippen LogP contribution is 2.16. The van der Waals surface area contributed by atoms with Crippen molar-refractivity contribution in [2.75, 3.05) is 25.0 Å². The van der Waals surface area contributed by atoms with E-state index in [0.717, 1.165) is 42.0 Å². The van der Waals surface area contributed by atoms with E-state index in [2.05, 4.69) is 38.1 Å². The summed E-state index contributed by atoms with van der Waals surface area (Å²) in [5.41, 5.74) is 6.78. The fourth-order valence-electron chi connectivity index (χ4n) is 2.37. The zero-order valence-electron chi connectivity index (χ0n) is 13.3. The number of aliphatic imine (C=N–C) groups is 1. The van der Waals surface area contributed by atoms with E-state index in [-0.39, 0.29) is 29.9 Å². The monoisotopic (exact) mass is 494 g/mol. The Hall–Kier alpha value is -0.830. The van der Waals surface area contributed by atoms with Crippen molar-refractivity contribution in [2.45, 2.75) is 26.2 Å². The lowest BCUT2D eigenvalue weighted by Gasteiger charge is -2.31. The number of carbonyl (C=O) groups is 1. The molecule has 0 bridgehead atoms. The number of rotatable bonds is 4. The largest absolute Gasteiger partial charge is 0.370 e. The Morgan fingerprint density at radius 1 is 1.35 bits per heavy atom. The molecule has 1 aromatic rings. The number of anilines is 1. The smallest absolute Gasteiger partial charge is 0.226 e. The van der Waals surface area contributed by atoms with E-state index in [4.69, 9.17) is 5.73 Å². The highest BCUT2D eigenvalue weighted by Gasteiger charge is 2.16. The molecule has 1 aromatic carbocycles. The number of piperidine rings is 1. The number of likely N-dealkylation sites (tertiary alicyclic amines) is 1. The predicted octanol–water partition coefficient (Wildman–Crippen LogP) is 3.44. The summed E-state index contributed by atoms with van der Waals surface area (Å²) in [4.78, 5) is 18.3. The van der Waals surface area contributed by atoms with Gasteiger partial charge < -0.3 is 16.0 Å². The molecule has 2 rings (SSSR count). The third-order valence-electron chi connectivity index (χ3n) is 3.85. The van der Waals surface area contributed by atoms with Crippen molar-refractivity contribution in [1.29, 1.82) is 0 Å². The summed E-state index contributed by atoms with van der Waals surface area (Å²) in [6.45, 7) is 4.60. The molecule has 0 aliphatic carbocycles. The molecule has 23 heavy (non-hydrogen) atoms. The summed E-state index contributed by atoms with van der Waals surface area (Å²) < 4.78 is 0.985. The highest BCUT2D eigenvalue weighted by molar-refractivity contribution is 14.0. The van der Waals surface area contributed by atoms with Crippen LogP contribution in [0, 0.1) is 5.92 Å². The molecule has 0 spiro atoms. The molecule has 128 valence electrons. The van der Waals surface area contributed by atoms with Crippen LogP contribution in [0.2, 0.25) is 0 Å². The number of nitrogens with two attached hydrogens (primary N) is 1. The van der Waals surface area contributed by atoms with E-state index in [1.54, 1.807) is 0 Å². The Balaban J connectivity index is 0.00000264. The Kier molecular flexibility index (Phi) is 8.90. The number of nitrogens with zero attached hydrogens (tertiary/aromatic N) is 2. The van der Waals surface area contributed by atoms with Crippen LogP contribution >= 0.6 is 39.9 Å². The van der Waals surface area contributed by atoms with Gasteiger partial charge in [0.1, 0.15) is 0 Å². The van der Waals surface area contributed by atoms with Gasteiger partial charge in [0, 0.05) is 29.7 Å². The van der Waals surface area contributed by atoms with Crippen LogP contribution in [0.4, 0.5) is 5.69 Å². The second-order valence-corrected chi connectivity index (χ2v) is 6.63. The molecule has 5 nitrogen and oxygen atoms in total. The average molecular weight is 495 g/mol. The van der Waals surface area contributed by atoms with Crippen molar-refractivity contribution >= 4 is 57.5 Å². The zero-order chi connectivity index (χ0) is 15.9. The molecule has 0 unspecified atom stereocenters. The van der Waals surface area contributed by atoms with Gasteiger partial charge in [-0.25, -0.2) is 0 Å². The lowest BCUT2D eigenvalue weighted by Crippen LogP contribution is -2.42. The first-order valence-electron chi connectivity index (χ1n) is 7.65. The second kappa shape index (κ2) is 10.1. The molecule has 1 aliphatic heterocycles. The van der Waals surface area contributed by atoms with Crippen LogP contribution in [0.3, 0.4) is 0 Å². The summed E-state index contributed by atoms with van der Waals surface area (Å²) in [5, 5.41) is 2.84. The van der Waals surface area contributed by atoms with E-state index in [9.17, 15) is 4.79 Å². The predicted molar refractivity (Wildman–Crippen MR) is 109 cm³/mol. The van der Waals surface area contributed by atoms with Crippen LogP contribution in [0.1, 0.15) is 26.2 Å². The Morgan fingerprint density at radius 3 is 2.57 bits per heavy atom. The van der Waals surface area contributed by atoms with E-state index < -0.39 is 0 Å². The van der Waals surface area contributed by atoms with E-state index >= 15 is 0 Å². The van der Waals surface area contributed by atoms with Gasteiger partial charge in [0.05, 0.1) is 6.54 Å². The minimum atomic E-state index is -0.0499. The second-order valence-electron chi connectivity index (χ2n) is 5.71. The highest BCUT2D eigenvalue weighted by atomic mass is 127.